The predicted octanol–water partition coefficient (Wildman–Crippen LogP) is 2.32. The highest BCUT2D eigenvalue weighted by Gasteiger charge is 2.28. The van der Waals surface area contributed by atoms with Crippen LogP contribution in [0.4, 0.5) is 5.69 Å². The molecule has 26 heavy (non-hydrogen) atoms. The Hall–Kier alpha value is -2.61. The van der Waals surface area contributed by atoms with E-state index in [2.05, 4.69) is 10.3 Å². The maximum atomic E-state index is 12.5. The van der Waals surface area contributed by atoms with Crippen molar-refractivity contribution in [2.24, 2.45) is 0 Å². The first-order valence-corrected chi connectivity index (χ1v) is 9.10. The number of rotatable bonds is 4. The zero-order valence-corrected chi connectivity index (χ0v) is 15.6. The van der Waals surface area contributed by atoms with Gasteiger partial charge >= 0.3 is 5.97 Å². The zero-order valence-electron chi connectivity index (χ0n) is 14.7. The standard InChI is InChI=1S/C18H19N3O4S/c1-10-11(2)19-18-21(16(10)23)12(9-26-18)8-15(22)20-14-7-5-4-6-13(14)17(24)25-3/h4-7,12H,8-9H2,1-3H3,(H,20,22). The second kappa shape index (κ2) is 7.33. The third kappa shape index (κ3) is 3.37. The van der Waals surface area contributed by atoms with Gasteiger partial charge in [0, 0.05) is 23.4 Å². The molecule has 1 amide bonds. The van der Waals surface area contributed by atoms with Crippen molar-refractivity contribution in [1.29, 1.82) is 0 Å². The minimum absolute atomic E-state index is 0.106. The first-order chi connectivity index (χ1) is 12.4. The maximum Gasteiger partial charge on any atom is 0.339 e. The quantitative estimate of drug-likeness (QED) is 0.653. The van der Waals surface area contributed by atoms with Gasteiger partial charge in [0.05, 0.1) is 24.4 Å². The number of esters is 1. The zero-order chi connectivity index (χ0) is 18.8. The first kappa shape index (κ1) is 18.2. The van der Waals surface area contributed by atoms with E-state index in [1.807, 2.05) is 6.92 Å². The van der Waals surface area contributed by atoms with Crippen molar-refractivity contribution in [2.75, 3.05) is 18.2 Å². The number of amides is 1. The van der Waals surface area contributed by atoms with E-state index in [0.29, 0.717) is 27.9 Å². The number of thioether (sulfide) groups is 1. The van der Waals surface area contributed by atoms with E-state index in [9.17, 15) is 14.4 Å². The van der Waals surface area contributed by atoms with Gasteiger partial charge in [0.2, 0.25) is 5.91 Å². The molecule has 1 aliphatic heterocycles. The molecule has 0 fully saturated rings. The lowest BCUT2D eigenvalue weighted by Gasteiger charge is -2.15. The lowest BCUT2D eigenvalue weighted by atomic mass is 10.1. The van der Waals surface area contributed by atoms with E-state index in [-0.39, 0.29) is 29.5 Å². The van der Waals surface area contributed by atoms with E-state index in [1.54, 1.807) is 35.8 Å². The van der Waals surface area contributed by atoms with Crippen LogP contribution < -0.4 is 10.9 Å². The van der Waals surface area contributed by atoms with Crippen molar-refractivity contribution in [3.05, 3.63) is 51.4 Å². The summed E-state index contributed by atoms with van der Waals surface area (Å²) in [5.41, 5.74) is 1.88. The summed E-state index contributed by atoms with van der Waals surface area (Å²) in [6.07, 6.45) is 0.125. The number of nitrogens with one attached hydrogen (secondary N) is 1. The Balaban J connectivity index is 1.79. The molecule has 1 N–H and O–H groups in total. The molecule has 0 saturated heterocycles. The number of hydrogen-bond donors (Lipinski definition) is 1. The van der Waals surface area contributed by atoms with Crippen LogP contribution in [0.15, 0.2) is 34.2 Å². The van der Waals surface area contributed by atoms with Crippen LogP contribution in [0.1, 0.15) is 34.1 Å². The van der Waals surface area contributed by atoms with E-state index in [0.717, 1.165) is 0 Å². The SMILES string of the molecule is COC(=O)c1ccccc1NC(=O)CC1CSc2nc(C)c(C)c(=O)n21. The number of carbonyl (C=O) groups excluding carboxylic acids is 2. The Morgan fingerprint density at radius 3 is 2.81 bits per heavy atom. The number of methoxy groups -OCH3 is 1. The molecule has 1 atom stereocenters. The highest BCUT2D eigenvalue weighted by molar-refractivity contribution is 7.99. The third-order valence-corrected chi connectivity index (χ3v) is 5.45. The number of nitrogens with zero attached hydrogens (tertiary/aromatic N) is 2. The Morgan fingerprint density at radius 1 is 1.35 bits per heavy atom. The minimum atomic E-state index is -0.519. The van der Waals surface area contributed by atoms with Gasteiger partial charge in [0.25, 0.3) is 5.56 Å². The number of anilines is 1. The monoisotopic (exact) mass is 373 g/mol. The summed E-state index contributed by atoms with van der Waals surface area (Å²) in [5.74, 6) is -0.184. The molecule has 1 unspecified atom stereocenters. The summed E-state index contributed by atoms with van der Waals surface area (Å²) in [4.78, 5) is 41.3. The normalized spacial score (nSPS) is 15.4. The molecule has 0 aliphatic carbocycles. The highest BCUT2D eigenvalue weighted by Crippen LogP contribution is 2.32. The van der Waals surface area contributed by atoms with Crippen LogP contribution in [0.2, 0.25) is 0 Å². The number of carbonyl (C=O) groups is 2. The van der Waals surface area contributed by atoms with Crippen molar-refractivity contribution < 1.29 is 14.3 Å². The number of para-hydroxylation sites is 1. The fraction of sp³-hybridized carbons (Fsp3) is 0.333. The van der Waals surface area contributed by atoms with Crippen LogP contribution in [-0.4, -0.2) is 34.3 Å². The molecule has 1 aromatic carbocycles. The lowest BCUT2D eigenvalue weighted by Crippen LogP contribution is -2.29. The van der Waals surface area contributed by atoms with Gasteiger partial charge in [-0.25, -0.2) is 9.78 Å². The van der Waals surface area contributed by atoms with Gasteiger partial charge in [0.1, 0.15) is 0 Å². The van der Waals surface area contributed by atoms with E-state index in [1.165, 1.54) is 18.9 Å². The van der Waals surface area contributed by atoms with Crippen molar-refractivity contribution in [1.82, 2.24) is 9.55 Å². The molecule has 0 radical (unpaired) electrons. The van der Waals surface area contributed by atoms with Gasteiger partial charge in [-0.3, -0.25) is 14.2 Å². The Morgan fingerprint density at radius 2 is 2.08 bits per heavy atom. The van der Waals surface area contributed by atoms with E-state index in [4.69, 9.17) is 4.74 Å². The molecule has 3 rings (SSSR count). The van der Waals surface area contributed by atoms with Crippen LogP contribution in [0, 0.1) is 13.8 Å². The van der Waals surface area contributed by atoms with Gasteiger partial charge in [-0.05, 0) is 26.0 Å². The molecule has 0 spiro atoms. The molecule has 2 heterocycles. The summed E-state index contributed by atoms with van der Waals surface area (Å²) in [5, 5.41) is 3.39. The molecule has 8 heteroatoms. The first-order valence-electron chi connectivity index (χ1n) is 8.12. The number of aryl methyl sites for hydroxylation is 1. The van der Waals surface area contributed by atoms with E-state index < -0.39 is 5.97 Å². The van der Waals surface area contributed by atoms with Gasteiger partial charge in [-0.1, -0.05) is 23.9 Å². The third-order valence-electron chi connectivity index (χ3n) is 4.35. The van der Waals surface area contributed by atoms with Gasteiger partial charge in [-0.15, -0.1) is 0 Å². The number of fused-ring (bicyclic) bond motifs is 1. The number of hydrogen-bond acceptors (Lipinski definition) is 6. The fourth-order valence-corrected chi connectivity index (χ4v) is 4.00. The van der Waals surface area contributed by atoms with Gasteiger partial charge in [0.15, 0.2) is 5.16 Å². The molecule has 0 bridgehead atoms. The summed E-state index contributed by atoms with van der Waals surface area (Å²) >= 11 is 1.47. The summed E-state index contributed by atoms with van der Waals surface area (Å²) in [6.45, 7) is 3.55. The van der Waals surface area contributed by atoms with Crippen molar-refractivity contribution in [2.45, 2.75) is 31.5 Å². The molecule has 136 valence electrons. The van der Waals surface area contributed by atoms with Crippen molar-refractivity contribution in [3.63, 3.8) is 0 Å². The number of ether oxygens (including phenoxy) is 1. The van der Waals surface area contributed by atoms with E-state index >= 15 is 0 Å². The number of benzene rings is 1. The molecule has 1 aromatic heterocycles. The Labute approximate surface area is 154 Å². The fourth-order valence-electron chi connectivity index (χ4n) is 2.82. The number of aromatic nitrogens is 2. The lowest BCUT2D eigenvalue weighted by molar-refractivity contribution is -0.116. The topological polar surface area (TPSA) is 90.3 Å². The second-order valence-corrected chi connectivity index (χ2v) is 7.02. The van der Waals surface area contributed by atoms with Crippen molar-refractivity contribution in [3.8, 4) is 0 Å². The van der Waals surface area contributed by atoms with Gasteiger partial charge < -0.3 is 10.1 Å². The molecular weight excluding hydrogens is 354 g/mol. The smallest absolute Gasteiger partial charge is 0.339 e. The average molecular weight is 373 g/mol. The predicted molar refractivity (Wildman–Crippen MR) is 98.8 cm³/mol. The maximum absolute atomic E-state index is 12.5. The molecule has 0 saturated carbocycles. The van der Waals surface area contributed by atoms with Crippen LogP contribution in [0.5, 0.6) is 0 Å². The second-order valence-electron chi connectivity index (χ2n) is 6.03. The molecular formula is C18H19N3O4S. The Kier molecular flexibility index (Phi) is 5.13. The summed E-state index contributed by atoms with van der Waals surface area (Å²) in [6, 6.07) is 6.39. The molecule has 2 aromatic rings. The van der Waals surface area contributed by atoms with Crippen LogP contribution in [0.25, 0.3) is 0 Å². The van der Waals surface area contributed by atoms with Crippen LogP contribution in [-0.2, 0) is 9.53 Å². The molecule has 7 nitrogen and oxygen atoms in total. The van der Waals surface area contributed by atoms with Gasteiger partial charge in [-0.2, -0.15) is 0 Å². The average Bonchev–Trinajstić information content (AvgIpc) is 3.01. The van der Waals surface area contributed by atoms with Crippen molar-refractivity contribution >= 4 is 29.3 Å². The summed E-state index contributed by atoms with van der Waals surface area (Å²) < 4.78 is 6.33. The van der Waals surface area contributed by atoms with Crippen LogP contribution in [0.3, 0.4) is 0 Å². The molecule has 1 aliphatic rings. The largest absolute Gasteiger partial charge is 0.465 e. The highest BCUT2D eigenvalue weighted by atomic mass is 32.2. The Bertz CT molecular complexity index is 939. The minimum Gasteiger partial charge on any atom is -0.465 e. The summed E-state index contributed by atoms with van der Waals surface area (Å²) in [7, 11) is 1.29. The van der Waals surface area contributed by atoms with Crippen LogP contribution >= 0.6 is 11.8 Å².